The van der Waals surface area contributed by atoms with E-state index in [0.29, 0.717) is 22.7 Å². The van der Waals surface area contributed by atoms with Crippen molar-refractivity contribution in [2.24, 2.45) is 0 Å². The molecule has 20 heavy (non-hydrogen) atoms. The number of fused-ring (bicyclic) bond motifs is 1. The lowest BCUT2D eigenvalue weighted by Gasteiger charge is -2.20. The van der Waals surface area contributed by atoms with Crippen molar-refractivity contribution in [3.63, 3.8) is 0 Å². The molecule has 3 nitrogen and oxygen atoms in total. The highest BCUT2D eigenvalue weighted by molar-refractivity contribution is 6.34. The van der Waals surface area contributed by atoms with Crippen LogP contribution in [0.25, 0.3) is 0 Å². The zero-order chi connectivity index (χ0) is 14.1. The summed E-state index contributed by atoms with van der Waals surface area (Å²) in [6.07, 6.45) is 0. The molecule has 2 aromatic rings. The summed E-state index contributed by atoms with van der Waals surface area (Å²) in [5, 5.41) is 9.79. The molecule has 1 unspecified atom stereocenters. The van der Waals surface area contributed by atoms with E-state index in [1.54, 1.807) is 23.1 Å². The SMILES string of the molecule is N#CC1c2cccc(Cl)c2C(=O)N1Cc1ccccc1. The third kappa shape index (κ3) is 1.95. The quantitative estimate of drug-likeness (QED) is 0.845. The van der Waals surface area contributed by atoms with Gasteiger partial charge in [0, 0.05) is 12.1 Å². The van der Waals surface area contributed by atoms with E-state index in [0.717, 1.165) is 5.56 Å². The largest absolute Gasteiger partial charge is 0.314 e. The molecule has 1 aliphatic heterocycles. The molecule has 0 fully saturated rings. The Morgan fingerprint density at radius 1 is 1.15 bits per heavy atom. The first kappa shape index (κ1) is 12.7. The summed E-state index contributed by atoms with van der Waals surface area (Å²) in [7, 11) is 0. The summed E-state index contributed by atoms with van der Waals surface area (Å²) < 4.78 is 0. The van der Waals surface area contributed by atoms with Crippen molar-refractivity contribution in [1.82, 2.24) is 4.90 Å². The standard InChI is InChI=1S/C16H11ClN2O/c17-13-8-4-7-12-14(9-18)19(16(20)15(12)13)10-11-5-2-1-3-6-11/h1-8,14H,10H2. The molecule has 0 aromatic heterocycles. The topological polar surface area (TPSA) is 44.1 Å². The number of hydrogen-bond acceptors (Lipinski definition) is 2. The number of amides is 1. The minimum absolute atomic E-state index is 0.180. The van der Waals surface area contributed by atoms with Crippen LogP contribution in [0.3, 0.4) is 0 Å². The van der Waals surface area contributed by atoms with Crippen LogP contribution in [0.2, 0.25) is 5.02 Å². The van der Waals surface area contributed by atoms with E-state index in [1.807, 2.05) is 30.3 Å². The van der Waals surface area contributed by atoms with E-state index in [9.17, 15) is 10.1 Å². The van der Waals surface area contributed by atoms with E-state index >= 15 is 0 Å². The van der Waals surface area contributed by atoms with Crippen LogP contribution in [0.1, 0.15) is 27.5 Å². The molecule has 1 atom stereocenters. The van der Waals surface area contributed by atoms with Gasteiger partial charge in [0.25, 0.3) is 5.91 Å². The van der Waals surface area contributed by atoms with E-state index in [1.165, 1.54) is 0 Å². The van der Waals surface area contributed by atoms with Gasteiger partial charge in [0.05, 0.1) is 16.7 Å². The number of nitriles is 1. The van der Waals surface area contributed by atoms with Gasteiger partial charge in [-0.15, -0.1) is 0 Å². The van der Waals surface area contributed by atoms with E-state index in [4.69, 9.17) is 11.6 Å². The van der Waals surface area contributed by atoms with Crippen LogP contribution in [0, 0.1) is 11.3 Å². The van der Waals surface area contributed by atoms with Crippen molar-refractivity contribution in [3.8, 4) is 6.07 Å². The van der Waals surface area contributed by atoms with Crippen LogP contribution in [0.15, 0.2) is 48.5 Å². The highest BCUT2D eigenvalue weighted by Gasteiger charge is 2.38. The molecular formula is C16H11ClN2O. The highest BCUT2D eigenvalue weighted by atomic mass is 35.5. The molecule has 0 aliphatic carbocycles. The van der Waals surface area contributed by atoms with Crippen LogP contribution < -0.4 is 0 Å². The average Bonchev–Trinajstić information content (AvgIpc) is 2.74. The van der Waals surface area contributed by atoms with Gasteiger partial charge in [-0.25, -0.2) is 0 Å². The number of nitrogens with zero attached hydrogens (tertiary/aromatic N) is 2. The van der Waals surface area contributed by atoms with Crippen molar-refractivity contribution in [3.05, 3.63) is 70.2 Å². The predicted octanol–water partition coefficient (Wildman–Crippen LogP) is 3.56. The van der Waals surface area contributed by atoms with Gasteiger partial charge in [0.2, 0.25) is 0 Å². The zero-order valence-corrected chi connectivity index (χ0v) is 11.3. The van der Waals surface area contributed by atoms with Gasteiger partial charge in [-0.2, -0.15) is 5.26 Å². The summed E-state index contributed by atoms with van der Waals surface area (Å²) in [6, 6.07) is 16.5. The third-order valence-electron chi connectivity index (χ3n) is 3.44. The smallest absolute Gasteiger partial charge is 0.257 e. The molecule has 0 radical (unpaired) electrons. The lowest BCUT2D eigenvalue weighted by molar-refractivity contribution is 0.0744. The number of benzene rings is 2. The van der Waals surface area contributed by atoms with Crippen LogP contribution in [0.5, 0.6) is 0 Å². The Kier molecular flexibility index (Phi) is 3.17. The van der Waals surface area contributed by atoms with Crippen molar-refractivity contribution < 1.29 is 4.79 Å². The Hall–Kier alpha value is -2.31. The molecule has 2 aromatic carbocycles. The number of hydrogen-bond donors (Lipinski definition) is 0. The molecule has 0 saturated carbocycles. The Labute approximate surface area is 122 Å². The Morgan fingerprint density at radius 2 is 1.90 bits per heavy atom. The van der Waals surface area contributed by atoms with Crippen molar-refractivity contribution in [1.29, 1.82) is 5.26 Å². The monoisotopic (exact) mass is 282 g/mol. The minimum atomic E-state index is -0.573. The lowest BCUT2D eigenvalue weighted by Crippen LogP contribution is -2.26. The summed E-state index contributed by atoms with van der Waals surface area (Å²) in [6.45, 7) is 0.406. The molecule has 0 bridgehead atoms. The molecule has 0 N–H and O–H groups in total. The Balaban J connectivity index is 2.01. The first-order valence-electron chi connectivity index (χ1n) is 6.25. The van der Waals surface area contributed by atoms with Gasteiger partial charge in [-0.1, -0.05) is 54.1 Å². The molecule has 4 heteroatoms. The maximum absolute atomic E-state index is 12.5. The first-order chi connectivity index (χ1) is 9.72. The van der Waals surface area contributed by atoms with Crippen LogP contribution in [0.4, 0.5) is 0 Å². The van der Waals surface area contributed by atoms with Gasteiger partial charge >= 0.3 is 0 Å². The van der Waals surface area contributed by atoms with Crippen LogP contribution in [-0.4, -0.2) is 10.8 Å². The van der Waals surface area contributed by atoms with Crippen LogP contribution >= 0.6 is 11.6 Å². The third-order valence-corrected chi connectivity index (χ3v) is 3.76. The molecule has 3 rings (SSSR count). The van der Waals surface area contributed by atoms with Crippen LogP contribution in [-0.2, 0) is 6.54 Å². The summed E-state index contributed by atoms with van der Waals surface area (Å²) in [5.74, 6) is -0.180. The highest BCUT2D eigenvalue weighted by Crippen LogP contribution is 2.37. The second kappa shape index (κ2) is 4.99. The maximum atomic E-state index is 12.5. The molecule has 1 heterocycles. The molecule has 0 spiro atoms. The lowest BCUT2D eigenvalue weighted by atomic mass is 10.1. The van der Waals surface area contributed by atoms with E-state index in [-0.39, 0.29) is 5.91 Å². The second-order valence-electron chi connectivity index (χ2n) is 4.65. The fraction of sp³-hybridized carbons (Fsp3) is 0.125. The number of rotatable bonds is 2. The molecule has 98 valence electrons. The Bertz CT molecular complexity index is 706. The fourth-order valence-corrected chi connectivity index (χ4v) is 2.77. The summed E-state index contributed by atoms with van der Waals surface area (Å²) in [5.41, 5.74) is 2.14. The van der Waals surface area contributed by atoms with Crippen molar-refractivity contribution in [2.75, 3.05) is 0 Å². The van der Waals surface area contributed by atoms with Crippen molar-refractivity contribution in [2.45, 2.75) is 12.6 Å². The van der Waals surface area contributed by atoms with Gasteiger partial charge < -0.3 is 4.90 Å². The normalized spacial score (nSPS) is 16.9. The number of halogens is 1. The fourth-order valence-electron chi connectivity index (χ4n) is 2.51. The van der Waals surface area contributed by atoms with E-state index in [2.05, 4.69) is 6.07 Å². The molecule has 1 aliphatic rings. The molecule has 0 saturated heterocycles. The van der Waals surface area contributed by atoms with Gasteiger partial charge in [-0.3, -0.25) is 4.79 Å². The first-order valence-corrected chi connectivity index (χ1v) is 6.63. The predicted molar refractivity (Wildman–Crippen MR) is 76.1 cm³/mol. The molecular weight excluding hydrogens is 272 g/mol. The number of carbonyl (C=O) groups is 1. The average molecular weight is 283 g/mol. The minimum Gasteiger partial charge on any atom is -0.314 e. The van der Waals surface area contributed by atoms with Gasteiger partial charge in [0.15, 0.2) is 0 Å². The van der Waals surface area contributed by atoms with Crippen molar-refractivity contribution >= 4 is 17.5 Å². The zero-order valence-electron chi connectivity index (χ0n) is 10.6. The molecule has 1 amide bonds. The second-order valence-corrected chi connectivity index (χ2v) is 5.06. The number of carbonyl (C=O) groups excluding carboxylic acids is 1. The van der Waals surface area contributed by atoms with Gasteiger partial charge in [-0.05, 0) is 11.6 Å². The Morgan fingerprint density at radius 3 is 2.60 bits per heavy atom. The maximum Gasteiger partial charge on any atom is 0.257 e. The summed E-state index contributed by atoms with van der Waals surface area (Å²) in [4.78, 5) is 14.0. The summed E-state index contributed by atoms with van der Waals surface area (Å²) >= 11 is 6.10. The van der Waals surface area contributed by atoms with Gasteiger partial charge in [0.1, 0.15) is 6.04 Å². The van der Waals surface area contributed by atoms with E-state index < -0.39 is 6.04 Å².